The molecule has 108 valence electrons. The molecule has 0 spiro atoms. The van der Waals surface area contributed by atoms with E-state index in [0.717, 1.165) is 30.6 Å². The van der Waals surface area contributed by atoms with E-state index >= 15 is 0 Å². The van der Waals surface area contributed by atoms with Crippen molar-refractivity contribution in [3.63, 3.8) is 0 Å². The topological polar surface area (TPSA) is 55.1 Å². The molecule has 20 heavy (non-hydrogen) atoms. The Morgan fingerprint density at radius 2 is 2.20 bits per heavy atom. The van der Waals surface area contributed by atoms with Crippen LogP contribution in [-0.2, 0) is 4.79 Å². The van der Waals surface area contributed by atoms with Gasteiger partial charge in [-0.1, -0.05) is 11.6 Å². The van der Waals surface area contributed by atoms with Gasteiger partial charge >= 0.3 is 0 Å². The molecule has 2 aliphatic rings. The lowest BCUT2D eigenvalue weighted by atomic mass is 9.94. The summed E-state index contributed by atoms with van der Waals surface area (Å²) in [6.45, 7) is 1.84. The molecule has 1 fully saturated rings. The fourth-order valence-corrected chi connectivity index (χ4v) is 3.98. The highest BCUT2D eigenvalue weighted by Gasteiger charge is 2.44. The third kappa shape index (κ3) is 2.69. The summed E-state index contributed by atoms with van der Waals surface area (Å²) in [4.78, 5) is 13.6. The number of hydrogen-bond donors (Lipinski definition) is 2. The Morgan fingerprint density at radius 1 is 1.45 bits per heavy atom. The number of carbonyl (C=O) groups excluding carboxylic acids is 1. The Bertz CT molecular complexity index is 543. The summed E-state index contributed by atoms with van der Waals surface area (Å²) < 4.78 is 0. The molecule has 1 amide bonds. The molecular formula is C15H19ClN2OS. The van der Waals surface area contributed by atoms with E-state index in [9.17, 15) is 4.79 Å². The van der Waals surface area contributed by atoms with Crippen LogP contribution in [0.2, 0.25) is 5.02 Å². The number of nitrogens with two attached hydrogens (primary N) is 1. The van der Waals surface area contributed by atoms with Crippen LogP contribution in [0.5, 0.6) is 0 Å². The van der Waals surface area contributed by atoms with Crippen molar-refractivity contribution in [3.05, 3.63) is 28.8 Å². The highest BCUT2D eigenvalue weighted by molar-refractivity contribution is 7.99. The van der Waals surface area contributed by atoms with E-state index in [2.05, 4.69) is 5.32 Å². The molecule has 0 saturated heterocycles. The van der Waals surface area contributed by atoms with Crippen LogP contribution in [0.3, 0.4) is 0 Å². The van der Waals surface area contributed by atoms with Gasteiger partial charge in [0.25, 0.3) is 0 Å². The van der Waals surface area contributed by atoms with Crippen LogP contribution in [0.25, 0.3) is 0 Å². The molecule has 1 heterocycles. The molecule has 0 bridgehead atoms. The van der Waals surface area contributed by atoms with Crippen molar-refractivity contribution >= 4 is 29.3 Å². The first-order chi connectivity index (χ1) is 9.48. The van der Waals surface area contributed by atoms with E-state index in [1.54, 1.807) is 0 Å². The summed E-state index contributed by atoms with van der Waals surface area (Å²) in [5.74, 6) is 1.30. The predicted octanol–water partition coefficient (Wildman–Crippen LogP) is 3.12. The Kier molecular flexibility index (Phi) is 3.73. The fraction of sp³-hybridized carbons (Fsp3) is 0.533. The Hall–Kier alpha value is -0.710. The van der Waals surface area contributed by atoms with Gasteiger partial charge in [-0.25, -0.2) is 0 Å². The highest BCUT2D eigenvalue weighted by atomic mass is 35.5. The second-order valence-electron chi connectivity index (χ2n) is 5.90. The third-order valence-electron chi connectivity index (χ3n) is 4.23. The average Bonchev–Trinajstić information content (AvgIpc) is 3.24. The van der Waals surface area contributed by atoms with Crippen molar-refractivity contribution in [2.75, 3.05) is 5.75 Å². The number of amides is 1. The summed E-state index contributed by atoms with van der Waals surface area (Å²) in [6, 6.07) is 5.91. The molecule has 2 unspecified atom stereocenters. The van der Waals surface area contributed by atoms with Gasteiger partial charge in [0.05, 0.1) is 11.6 Å². The molecule has 1 aromatic carbocycles. The summed E-state index contributed by atoms with van der Waals surface area (Å²) in [5.41, 5.74) is 6.56. The van der Waals surface area contributed by atoms with E-state index in [4.69, 9.17) is 17.3 Å². The van der Waals surface area contributed by atoms with Gasteiger partial charge in [0.2, 0.25) is 5.91 Å². The quantitative estimate of drug-likeness (QED) is 0.902. The van der Waals surface area contributed by atoms with Gasteiger partial charge < -0.3 is 11.1 Å². The van der Waals surface area contributed by atoms with E-state index in [1.807, 2.05) is 36.9 Å². The van der Waals surface area contributed by atoms with Gasteiger partial charge in [-0.2, -0.15) is 0 Å². The van der Waals surface area contributed by atoms with Crippen LogP contribution in [0.1, 0.15) is 37.8 Å². The maximum absolute atomic E-state index is 12.4. The van der Waals surface area contributed by atoms with Crippen molar-refractivity contribution in [2.24, 2.45) is 11.7 Å². The third-order valence-corrected chi connectivity index (χ3v) is 5.59. The average molecular weight is 311 g/mol. The van der Waals surface area contributed by atoms with E-state index < -0.39 is 5.54 Å². The predicted molar refractivity (Wildman–Crippen MR) is 83.0 cm³/mol. The number of thioether (sulfide) groups is 1. The van der Waals surface area contributed by atoms with Gasteiger partial charge in [0.1, 0.15) is 0 Å². The molecule has 2 atom stereocenters. The van der Waals surface area contributed by atoms with Gasteiger partial charge in [-0.05, 0) is 55.9 Å². The Morgan fingerprint density at radius 3 is 2.90 bits per heavy atom. The summed E-state index contributed by atoms with van der Waals surface area (Å²) >= 11 is 7.90. The number of hydrogen-bond acceptors (Lipinski definition) is 3. The zero-order chi connectivity index (χ0) is 14.3. The maximum Gasteiger partial charge on any atom is 0.240 e. The van der Waals surface area contributed by atoms with Crippen LogP contribution in [0.15, 0.2) is 23.1 Å². The van der Waals surface area contributed by atoms with E-state index in [-0.39, 0.29) is 11.9 Å². The number of nitrogens with one attached hydrogen (secondary N) is 1. The lowest BCUT2D eigenvalue weighted by Gasteiger charge is -2.30. The molecule has 0 radical (unpaired) electrons. The monoisotopic (exact) mass is 310 g/mol. The largest absolute Gasteiger partial charge is 0.348 e. The molecular weight excluding hydrogens is 292 g/mol. The van der Waals surface area contributed by atoms with Gasteiger partial charge in [-0.3, -0.25) is 4.79 Å². The number of halogens is 1. The SMILES string of the molecule is CC(N)(C(=O)NC1CCSc2ccc(Cl)cc21)C1CC1. The number of fused-ring (bicyclic) bond motifs is 1. The van der Waals surface area contributed by atoms with Crippen LogP contribution in [0.4, 0.5) is 0 Å². The lowest BCUT2D eigenvalue weighted by molar-refractivity contribution is -0.127. The normalized spacial score (nSPS) is 24.6. The minimum absolute atomic E-state index is 0.0269. The molecule has 1 aliphatic carbocycles. The van der Waals surface area contributed by atoms with Crippen molar-refractivity contribution in [1.82, 2.24) is 5.32 Å². The van der Waals surface area contributed by atoms with Crippen molar-refractivity contribution in [3.8, 4) is 0 Å². The van der Waals surface area contributed by atoms with E-state index in [0.29, 0.717) is 10.9 Å². The summed E-state index contributed by atoms with van der Waals surface area (Å²) in [7, 11) is 0. The standard InChI is InChI=1S/C15H19ClN2OS/c1-15(17,9-2-3-9)14(19)18-12-6-7-20-13-5-4-10(16)8-11(12)13/h4-5,8-9,12H,2-3,6-7,17H2,1H3,(H,18,19). The van der Waals surface area contributed by atoms with Crippen LogP contribution in [-0.4, -0.2) is 17.2 Å². The van der Waals surface area contributed by atoms with Gasteiger partial charge in [0.15, 0.2) is 0 Å². The minimum atomic E-state index is -0.747. The summed E-state index contributed by atoms with van der Waals surface area (Å²) in [6.07, 6.45) is 3.04. The molecule has 1 aliphatic heterocycles. The maximum atomic E-state index is 12.4. The van der Waals surface area contributed by atoms with Crippen LogP contribution < -0.4 is 11.1 Å². The Balaban J connectivity index is 1.79. The van der Waals surface area contributed by atoms with Crippen LogP contribution >= 0.6 is 23.4 Å². The second kappa shape index (κ2) is 5.24. The van der Waals surface area contributed by atoms with Crippen LogP contribution in [0, 0.1) is 5.92 Å². The molecule has 3 N–H and O–H groups in total. The highest BCUT2D eigenvalue weighted by Crippen LogP contribution is 2.40. The Labute approximate surface area is 128 Å². The molecule has 3 rings (SSSR count). The smallest absolute Gasteiger partial charge is 0.240 e. The number of rotatable bonds is 3. The first kappa shape index (κ1) is 14.2. The summed E-state index contributed by atoms with van der Waals surface area (Å²) in [5, 5.41) is 3.84. The number of benzene rings is 1. The van der Waals surface area contributed by atoms with Crippen molar-refractivity contribution < 1.29 is 4.79 Å². The first-order valence-electron chi connectivity index (χ1n) is 7.00. The van der Waals surface area contributed by atoms with E-state index in [1.165, 1.54) is 4.90 Å². The molecule has 1 saturated carbocycles. The number of carbonyl (C=O) groups is 1. The van der Waals surface area contributed by atoms with Crippen molar-refractivity contribution in [1.29, 1.82) is 0 Å². The minimum Gasteiger partial charge on any atom is -0.348 e. The van der Waals surface area contributed by atoms with Gasteiger partial charge in [0, 0.05) is 15.7 Å². The molecule has 1 aromatic rings. The molecule has 5 heteroatoms. The van der Waals surface area contributed by atoms with Crippen molar-refractivity contribution in [2.45, 2.75) is 42.7 Å². The lowest BCUT2D eigenvalue weighted by Crippen LogP contribution is -2.54. The molecule has 0 aromatic heterocycles. The zero-order valence-corrected chi connectivity index (χ0v) is 13.1. The molecule has 3 nitrogen and oxygen atoms in total. The second-order valence-corrected chi connectivity index (χ2v) is 7.48. The first-order valence-corrected chi connectivity index (χ1v) is 8.37. The van der Waals surface area contributed by atoms with Gasteiger partial charge in [-0.15, -0.1) is 11.8 Å². The zero-order valence-electron chi connectivity index (χ0n) is 11.5. The fourth-order valence-electron chi connectivity index (χ4n) is 2.70.